The first-order chi connectivity index (χ1) is 18.0. The van der Waals surface area contributed by atoms with Gasteiger partial charge in [-0.2, -0.15) is 5.10 Å². The molecule has 5 N–H and O–H groups in total. The van der Waals surface area contributed by atoms with E-state index in [9.17, 15) is 19.8 Å². The fourth-order valence-corrected chi connectivity index (χ4v) is 5.38. The normalized spacial score (nSPS) is 15.2. The van der Waals surface area contributed by atoms with Crippen LogP contribution >= 0.6 is 0 Å². The molecule has 0 aliphatic heterocycles. The minimum absolute atomic E-state index is 0.0104. The lowest BCUT2D eigenvalue weighted by molar-refractivity contribution is -0.139. The maximum atomic E-state index is 13.2. The molecule has 1 aliphatic rings. The number of nitrogens with zero attached hydrogens (tertiary/aromatic N) is 3. The topological polar surface area (TPSA) is 149 Å². The van der Waals surface area contributed by atoms with Crippen molar-refractivity contribution in [3.05, 3.63) is 66.1 Å². The van der Waals surface area contributed by atoms with Crippen molar-refractivity contribution in [3.8, 4) is 17.1 Å². The van der Waals surface area contributed by atoms with Gasteiger partial charge in [-0.05, 0) is 49.2 Å². The average molecular weight is 499 g/mol. The molecule has 0 saturated heterocycles. The molecule has 6 rings (SSSR count). The SMILES string of the molecule is O=C(N[C@H](C(=O)O)c1c[nH]c2ccc(O)cc12)c1ccc2c(c1)nc(-c1cn[nH]c1)n2C1CCCCC1. The van der Waals surface area contributed by atoms with E-state index < -0.39 is 17.9 Å². The van der Waals surface area contributed by atoms with E-state index >= 15 is 0 Å². The van der Waals surface area contributed by atoms with E-state index in [0.717, 1.165) is 42.6 Å². The zero-order valence-corrected chi connectivity index (χ0v) is 19.9. The Hall–Kier alpha value is -4.60. The minimum atomic E-state index is -1.31. The van der Waals surface area contributed by atoms with Crippen molar-refractivity contribution in [2.24, 2.45) is 0 Å². The molecule has 5 aromatic rings. The summed E-state index contributed by atoms with van der Waals surface area (Å²) in [4.78, 5) is 33.2. The van der Waals surface area contributed by atoms with E-state index in [-0.39, 0.29) is 5.75 Å². The number of hydrogen-bond donors (Lipinski definition) is 5. The Morgan fingerprint density at radius 2 is 1.92 bits per heavy atom. The van der Waals surface area contributed by atoms with Gasteiger partial charge in [0.1, 0.15) is 11.6 Å². The van der Waals surface area contributed by atoms with Gasteiger partial charge in [-0.1, -0.05) is 19.3 Å². The molecular weight excluding hydrogens is 472 g/mol. The molecule has 10 heteroatoms. The second-order valence-electron chi connectivity index (χ2n) is 9.51. The van der Waals surface area contributed by atoms with Crippen molar-refractivity contribution in [2.75, 3.05) is 0 Å². The summed E-state index contributed by atoms with van der Waals surface area (Å²) >= 11 is 0. The number of amides is 1. The van der Waals surface area contributed by atoms with Crippen LogP contribution in [0.2, 0.25) is 0 Å². The molecule has 0 unspecified atom stereocenters. The van der Waals surface area contributed by atoms with Gasteiger partial charge in [0, 0.05) is 40.5 Å². The number of aromatic hydroxyl groups is 1. The van der Waals surface area contributed by atoms with Gasteiger partial charge in [0.15, 0.2) is 6.04 Å². The number of imidazole rings is 1. The summed E-state index contributed by atoms with van der Waals surface area (Å²) in [5, 5.41) is 29.9. The van der Waals surface area contributed by atoms with Crippen LogP contribution < -0.4 is 5.32 Å². The third kappa shape index (κ3) is 4.10. The van der Waals surface area contributed by atoms with Crippen LogP contribution in [0.4, 0.5) is 0 Å². The molecule has 37 heavy (non-hydrogen) atoms. The van der Waals surface area contributed by atoms with E-state index in [0.29, 0.717) is 33.6 Å². The average Bonchev–Trinajstić information content (AvgIpc) is 3.65. The number of aliphatic carboxylic acids is 1. The van der Waals surface area contributed by atoms with Crippen molar-refractivity contribution < 1.29 is 19.8 Å². The smallest absolute Gasteiger partial charge is 0.331 e. The van der Waals surface area contributed by atoms with E-state index in [2.05, 4.69) is 25.1 Å². The van der Waals surface area contributed by atoms with Gasteiger partial charge in [0.05, 0.1) is 22.8 Å². The number of fused-ring (bicyclic) bond motifs is 2. The molecular formula is C27H26N6O4. The standard InChI is InChI=1S/C27H26N6O4/c34-18-7-8-21-19(11-18)20(14-28-21)24(27(36)37)32-26(35)15-6-9-23-22(10-15)31-25(16-12-29-30-13-16)33(23)17-4-2-1-3-5-17/h6-14,17,24,28,34H,1-5H2,(H,29,30)(H,32,35)(H,36,37)/t24-/m0/s1. The molecule has 3 heterocycles. The van der Waals surface area contributed by atoms with E-state index in [1.165, 1.54) is 24.8 Å². The fraction of sp³-hybridized carbons (Fsp3) is 0.259. The monoisotopic (exact) mass is 498 g/mol. The summed E-state index contributed by atoms with van der Waals surface area (Å²) in [6, 6.07) is 8.95. The van der Waals surface area contributed by atoms with Crippen molar-refractivity contribution in [1.82, 2.24) is 30.0 Å². The molecule has 1 saturated carbocycles. The first-order valence-corrected chi connectivity index (χ1v) is 12.3. The summed E-state index contributed by atoms with van der Waals surface area (Å²) in [6.45, 7) is 0. The van der Waals surface area contributed by atoms with Crippen LogP contribution in [-0.2, 0) is 4.79 Å². The minimum Gasteiger partial charge on any atom is -0.508 e. The van der Waals surface area contributed by atoms with E-state index in [4.69, 9.17) is 4.98 Å². The summed E-state index contributed by atoms with van der Waals surface area (Å²) in [5.74, 6) is -0.921. The number of carbonyl (C=O) groups is 2. The Balaban J connectivity index is 1.36. The lowest BCUT2D eigenvalue weighted by Crippen LogP contribution is -2.33. The maximum absolute atomic E-state index is 13.2. The quantitative estimate of drug-likeness (QED) is 0.230. The van der Waals surface area contributed by atoms with Gasteiger partial charge in [-0.25, -0.2) is 9.78 Å². The number of nitrogens with one attached hydrogen (secondary N) is 3. The number of H-pyrrole nitrogens is 2. The number of benzene rings is 2. The Labute approximate surface area is 211 Å². The van der Waals surface area contributed by atoms with Gasteiger partial charge < -0.3 is 25.1 Å². The van der Waals surface area contributed by atoms with Gasteiger partial charge in [0.2, 0.25) is 0 Å². The molecule has 1 aliphatic carbocycles. The molecule has 188 valence electrons. The van der Waals surface area contributed by atoms with Gasteiger partial charge >= 0.3 is 5.97 Å². The lowest BCUT2D eigenvalue weighted by Gasteiger charge is -2.25. The molecule has 1 atom stereocenters. The molecule has 0 bridgehead atoms. The lowest BCUT2D eigenvalue weighted by atomic mass is 9.95. The van der Waals surface area contributed by atoms with E-state index in [1.54, 1.807) is 24.4 Å². The second kappa shape index (κ2) is 9.12. The molecule has 0 radical (unpaired) electrons. The Morgan fingerprint density at radius 3 is 2.68 bits per heavy atom. The highest BCUT2D eigenvalue weighted by Gasteiger charge is 2.27. The molecule has 10 nitrogen and oxygen atoms in total. The molecule has 2 aromatic carbocycles. The number of carbonyl (C=O) groups excluding carboxylic acids is 1. The maximum Gasteiger partial charge on any atom is 0.331 e. The number of carboxylic acids is 1. The highest BCUT2D eigenvalue weighted by atomic mass is 16.4. The van der Waals surface area contributed by atoms with Crippen molar-refractivity contribution in [1.29, 1.82) is 0 Å². The summed E-state index contributed by atoms with van der Waals surface area (Å²) in [7, 11) is 0. The number of rotatable bonds is 6. The molecule has 1 amide bonds. The second-order valence-corrected chi connectivity index (χ2v) is 9.51. The Bertz CT molecular complexity index is 1610. The number of phenolic OH excluding ortho intramolecular Hbond substituents is 1. The predicted octanol–water partition coefficient (Wildman–Crippen LogP) is 4.67. The van der Waals surface area contributed by atoms with Crippen LogP contribution in [0.25, 0.3) is 33.3 Å². The van der Waals surface area contributed by atoms with Crippen molar-refractivity contribution in [3.63, 3.8) is 0 Å². The largest absolute Gasteiger partial charge is 0.508 e. The molecule has 3 aromatic heterocycles. The fourth-order valence-electron chi connectivity index (χ4n) is 5.38. The van der Waals surface area contributed by atoms with E-state index in [1.807, 2.05) is 12.3 Å². The number of phenols is 1. The zero-order valence-electron chi connectivity index (χ0n) is 19.9. The summed E-state index contributed by atoms with van der Waals surface area (Å²) in [6.07, 6.45) is 10.8. The predicted molar refractivity (Wildman–Crippen MR) is 137 cm³/mol. The van der Waals surface area contributed by atoms with Crippen LogP contribution in [0.5, 0.6) is 5.75 Å². The summed E-state index contributed by atoms with van der Waals surface area (Å²) < 4.78 is 2.25. The highest BCUT2D eigenvalue weighted by molar-refractivity contribution is 6.01. The third-order valence-electron chi connectivity index (χ3n) is 7.18. The number of hydrogen-bond acceptors (Lipinski definition) is 5. The van der Waals surface area contributed by atoms with Crippen LogP contribution in [-0.4, -0.2) is 46.8 Å². The van der Waals surface area contributed by atoms with Gasteiger partial charge in [0.25, 0.3) is 5.91 Å². The summed E-state index contributed by atoms with van der Waals surface area (Å²) in [5.41, 5.74) is 3.81. The highest BCUT2D eigenvalue weighted by Crippen LogP contribution is 2.36. The first-order valence-electron chi connectivity index (χ1n) is 12.3. The number of aromatic nitrogens is 5. The third-order valence-corrected chi connectivity index (χ3v) is 7.18. The van der Waals surface area contributed by atoms with Gasteiger partial charge in [-0.3, -0.25) is 9.89 Å². The van der Waals surface area contributed by atoms with Crippen LogP contribution in [0.1, 0.15) is 60.1 Å². The van der Waals surface area contributed by atoms with Crippen molar-refractivity contribution in [2.45, 2.75) is 44.2 Å². The Kier molecular flexibility index (Phi) is 5.63. The first kappa shape index (κ1) is 22.8. The number of carboxylic acid groups (broad SMARTS) is 1. The van der Waals surface area contributed by atoms with Crippen LogP contribution in [0.15, 0.2) is 55.0 Å². The van der Waals surface area contributed by atoms with Crippen molar-refractivity contribution >= 4 is 33.8 Å². The molecule has 0 spiro atoms. The zero-order chi connectivity index (χ0) is 25.5. The van der Waals surface area contributed by atoms with Gasteiger partial charge in [-0.15, -0.1) is 0 Å². The van der Waals surface area contributed by atoms with Crippen LogP contribution in [0.3, 0.4) is 0 Å². The molecule has 1 fully saturated rings. The number of aromatic amines is 2. The Morgan fingerprint density at radius 1 is 1.08 bits per heavy atom. The van der Waals surface area contributed by atoms with Crippen LogP contribution in [0, 0.1) is 0 Å².